The van der Waals surface area contributed by atoms with Gasteiger partial charge in [0.1, 0.15) is 6.04 Å². The van der Waals surface area contributed by atoms with Gasteiger partial charge in [0.2, 0.25) is 11.8 Å². The number of nitrogens with two attached hydrogens (primary N) is 1. The standard InChI is InChI=1S/C20H19N5O2/c21-19(26)14-2-1-3-16(10-14)24-18-8-9-25(20(18)27)17-6-4-13(5-7-17)15-11-22-23-12-15/h1-7,10-12,18,24H,8-9H2,(H2,21,26)(H,22,23). The number of amides is 2. The smallest absolute Gasteiger partial charge is 0.249 e. The molecule has 1 saturated heterocycles. The lowest BCUT2D eigenvalue weighted by molar-refractivity contribution is -0.117. The summed E-state index contributed by atoms with van der Waals surface area (Å²) in [6.45, 7) is 0.636. The molecule has 0 spiro atoms. The number of primary amides is 1. The topological polar surface area (TPSA) is 104 Å². The lowest BCUT2D eigenvalue weighted by atomic mass is 10.1. The van der Waals surface area contributed by atoms with Crippen molar-refractivity contribution in [1.82, 2.24) is 10.2 Å². The molecule has 7 heteroatoms. The number of carbonyl (C=O) groups excluding carboxylic acids is 2. The van der Waals surface area contributed by atoms with Crippen LogP contribution in [0.1, 0.15) is 16.8 Å². The fourth-order valence-electron chi connectivity index (χ4n) is 3.28. The largest absolute Gasteiger partial charge is 0.374 e. The zero-order valence-electron chi connectivity index (χ0n) is 14.6. The van der Waals surface area contributed by atoms with E-state index >= 15 is 0 Å². The molecule has 0 radical (unpaired) electrons. The highest BCUT2D eigenvalue weighted by atomic mass is 16.2. The van der Waals surface area contributed by atoms with Crippen molar-refractivity contribution in [2.45, 2.75) is 12.5 Å². The van der Waals surface area contributed by atoms with Crippen molar-refractivity contribution in [3.63, 3.8) is 0 Å². The molecule has 1 atom stereocenters. The average molecular weight is 361 g/mol. The van der Waals surface area contributed by atoms with Gasteiger partial charge in [0.15, 0.2) is 0 Å². The lowest BCUT2D eigenvalue weighted by Gasteiger charge is -2.18. The maximum atomic E-state index is 12.8. The highest BCUT2D eigenvalue weighted by Crippen LogP contribution is 2.27. The van der Waals surface area contributed by atoms with Crippen LogP contribution in [0, 0.1) is 0 Å². The highest BCUT2D eigenvalue weighted by molar-refractivity contribution is 6.01. The normalized spacial score (nSPS) is 16.5. The van der Waals surface area contributed by atoms with Crippen molar-refractivity contribution in [3.05, 3.63) is 66.5 Å². The zero-order chi connectivity index (χ0) is 18.8. The second kappa shape index (κ2) is 6.95. The van der Waals surface area contributed by atoms with Crippen LogP contribution in [0.4, 0.5) is 11.4 Å². The summed E-state index contributed by atoms with van der Waals surface area (Å²) < 4.78 is 0. The van der Waals surface area contributed by atoms with Gasteiger partial charge in [0.05, 0.1) is 6.20 Å². The lowest BCUT2D eigenvalue weighted by Crippen LogP contribution is -2.33. The van der Waals surface area contributed by atoms with E-state index < -0.39 is 5.91 Å². The number of hydrogen-bond acceptors (Lipinski definition) is 4. The summed E-state index contributed by atoms with van der Waals surface area (Å²) in [5.41, 5.74) is 9.34. The predicted molar refractivity (Wildman–Crippen MR) is 103 cm³/mol. The molecular formula is C20H19N5O2. The van der Waals surface area contributed by atoms with Crippen molar-refractivity contribution < 1.29 is 9.59 Å². The molecule has 0 saturated carbocycles. The second-order valence-corrected chi connectivity index (χ2v) is 6.45. The summed E-state index contributed by atoms with van der Waals surface area (Å²) in [5, 5.41) is 9.95. The van der Waals surface area contributed by atoms with E-state index in [1.807, 2.05) is 36.5 Å². The maximum absolute atomic E-state index is 12.8. The molecule has 7 nitrogen and oxygen atoms in total. The molecule has 1 fully saturated rings. The first kappa shape index (κ1) is 16.8. The minimum Gasteiger partial charge on any atom is -0.374 e. The van der Waals surface area contributed by atoms with Crippen molar-refractivity contribution >= 4 is 23.2 Å². The third-order valence-corrected chi connectivity index (χ3v) is 4.70. The molecule has 4 N–H and O–H groups in total. The van der Waals surface area contributed by atoms with Gasteiger partial charge < -0.3 is 16.0 Å². The van der Waals surface area contributed by atoms with E-state index in [4.69, 9.17) is 5.73 Å². The Morgan fingerprint density at radius 3 is 2.70 bits per heavy atom. The number of nitrogens with zero attached hydrogens (tertiary/aromatic N) is 2. The fraction of sp³-hybridized carbons (Fsp3) is 0.150. The van der Waals surface area contributed by atoms with Crippen molar-refractivity contribution in [3.8, 4) is 11.1 Å². The molecule has 1 aliphatic rings. The van der Waals surface area contributed by atoms with Gasteiger partial charge in [-0.3, -0.25) is 14.7 Å². The number of aromatic amines is 1. The van der Waals surface area contributed by atoms with Gasteiger partial charge in [-0.15, -0.1) is 0 Å². The van der Waals surface area contributed by atoms with E-state index in [1.165, 1.54) is 0 Å². The number of anilines is 2. The van der Waals surface area contributed by atoms with Crippen LogP contribution in [0.25, 0.3) is 11.1 Å². The molecule has 2 aromatic carbocycles. The number of nitrogens with one attached hydrogen (secondary N) is 2. The Morgan fingerprint density at radius 1 is 1.19 bits per heavy atom. The maximum Gasteiger partial charge on any atom is 0.249 e. The van der Waals surface area contributed by atoms with Crippen LogP contribution in [-0.4, -0.2) is 34.6 Å². The molecule has 4 rings (SSSR count). The van der Waals surface area contributed by atoms with Crippen LogP contribution >= 0.6 is 0 Å². The number of carbonyl (C=O) groups is 2. The highest BCUT2D eigenvalue weighted by Gasteiger charge is 2.32. The molecule has 1 aromatic heterocycles. The Morgan fingerprint density at radius 2 is 2.00 bits per heavy atom. The number of rotatable bonds is 5. The Kier molecular flexibility index (Phi) is 4.33. The molecule has 1 aliphatic heterocycles. The van der Waals surface area contributed by atoms with Crippen molar-refractivity contribution in [2.24, 2.45) is 5.73 Å². The first-order chi connectivity index (χ1) is 13.1. The van der Waals surface area contributed by atoms with Crippen LogP contribution in [0.15, 0.2) is 60.9 Å². The molecule has 0 aliphatic carbocycles. The van der Waals surface area contributed by atoms with Gasteiger partial charge in [0, 0.05) is 35.2 Å². The quantitative estimate of drug-likeness (QED) is 0.649. The van der Waals surface area contributed by atoms with Gasteiger partial charge >= 0.3 is 0 Å². The third-order valence-electron chi connectivity index (χ3n) is 4.70. The average Bonchev–Trinajstić information content (AvgIpc) is 3.33. The van der Waals surface area contributed by atoms with E-state index in [0.29, 0.717) is 24.2 Å². The third kappa shape index (κ3) is 3.39. The number of benzene rings is 2. The summed E-state index contributed by atoms with van der Waals surface area (Å²) in [6.07, 6.45) is 4.27. The van der Waals surface area contributed by atoms with Crippen molar-refractivity contribution in [1.29, 1.82) is 0 Å². The van der Waals surface area contributed by atoms with Crippen LogP contribution < -0.4 is 16.0 Å². The molecule has 136 valence electrons. The summed E-state index contributed by atoms with van der Waals surface area (Å²) in [4.78, 5) is 25.9. The number of hydrogen-bond donors (Lipinski definition) is 3. The summed E-state index contributed by atoms with van der Waals surface area (Å²) >= 11 is 0. The molecule has 2 amide bonds. The summed E-state index contributed by atoms with van der Waals surface area (Å²) in [5.74, 6) is -0.480. The molecular weight excluding hydrogens is 342 g/mol. The number of H-pyrrole nitrogens is 1. The van der Waals surface area contributed by atoms with E-state index in [0.717, 1.165) is 16.8 Å². The predicted octanol–water partition coefficient (Wildman–Crippen LogP) is 2.39. The SMILES string of the molecule is NC(=O)c1cccc(NC2CCN(c3ccc(-c4cn[nH]c4)cc3)C2=O)c1. The summed E-state index contributed by atoms with van der Waals surface area (Å²) in [7, 11) is 0. The van der Waals surface area contributed by atoms with Gasteiger partial charge in [-0.25, -0.2) is 0 Å². The van der Waals surface area contributed by atoms with E-state index in [9.17, 15) is 9.59 Å². The Labute approximate surface area is 156 Å². The zero-order valence-corrected chi connectivity index (χ0v) is 14.6. The van der Waals surface area contributed by atoms with Crippen molar-refractivity contribution in [2.75, 3.05) is 16.8 Å². The first-order valence-corrected chi connectivity index (χ1v) is 8.69. The molecule has 27 heavy (non-hydrogen) atoms. The Balaban J connectivity index is 1.47. The van der Waals surface area contributed by atoms with Crippen LogP contribution in [-0.2, 0) is 4.79 Å². The van der Waals surface area contributed by atoms with Crippen LogP contribution in [0.2, 0.25) is 0 Å². The van der Waals surface area contributed by atoms with Gasteiger partial charge in [0.25, 0.3) is 0 Å². The van der Waals surface area contributed by atoms with Gasteiger partial charge in [-0.1, -0.05) is 18.2 Å². The fourth-order valence-corrected chi connectivity index (χ4v) is 3.28. The monoisotopic (exact) mass is 361 g/mol. The second-order valence-electron chi connectivity index (χ2n) is 6.45. The minimum absolute atomic E-state index is 0.00976. The molecule has 1 unspecified atom stereocenters. The van der Waals surface area contributed by atoms with Crippen LogP contribution in [0.3, 0.4) is 0 Å². The van der Waals surface area contributed by atoms with Gasteiger partial charge in [-0.05, 0) is 42.3 Å². The Hall–Kier alpha value is -3.61. The minimum atomic E-state index is -0.490. The van der Waals surface area contributed by atoms with Gasteiger partial charge in [-0.2, -0.15) is 5.10 Å². The number of aromatic nitrogens is 2. The summed E-state index contributed by atoms with van der Waals surface area (Å²) in [6, 6.07) is 14.4. The molecule has 3 aromatic rings. The van der Waals surface area contributed by atoms with E-state index in [-0.39, 0.29) is 11.9 Å². The van der Waals surface area contributed by atoms with Crippen LogP contribution in [0.5, 0.6) is 0 Å². The van der Waals surface area contributed by atoms with E-state index in [2.05, 4.69) is 15.5 Å². The van der Waals surface area contributed by atoms with E-state index in [1.54, 1.807) is 29.3 Å². The first-order valence-electron chi connectivity index (χ1n) is 8.69. The molecule has 0 bridgehead atoms. The Bertz CT molecular complexity index is 966. The molecule has 2 heterocycles.